The third-order valence-corrected chi connectivity index (χ3v) is 4.92. The second kappa shape index (κ2) is 5.68. The molecule has 1 saturated carbocycles. The van der Waals surface area contributed by atoms with Crippen LogP contribution in [0.25, 0.3) is 0 Å². The normalized spacial score (nSPS) is 35.5. The molecule has 0 aromatic heterocycles. The molecule has 3 nitrogen and oxygen atoms in total. The number of nitrogens with two attached hydrogens (primary N) is 1. The summed E-state index contributed by atoms with van der Waals surface area (Å²) >= 11 is 0. The summed E-state index contributed by atoms with van der Waals surface area (Å²) in [6.45, 7) is 3.94. The lowest BCUT2D eigenvalue weighted by Crippen LogP contribution is -2.56. The van der Waals surface area contributed by atoms with Gasteiger partial charge in [-0.15, -0.1) is 0 Å². The Bertz CT molecular complexity index is 230. The zero-order chi connectivity index (χ0) is 12.3. The topological polar surface area (TPSA) is 44.5 Å². The Labute approximate surface area is 105 Å². The van der Waals surface area contributed by atoms with E-state index in [-0.39, 0.29) is 11.6 Å². The summed E-state index contributed by atoms with van der Waals surface area (Å²) in [5.74, 6) is 1.52. The van der Waals surface area contributed by atoms with E-state index < -0.39 is 0 Å². The number of ether oxygens (including phenoxy) is 2. The van der Waals surface area contributed by atoms with Crippen molar-refractivity contribution in [3.8, 4) is 0 Å². The molecule has 1 aliphatic heterocycles. The van der Waals surface area contributed by atoms with Gasteiger partial charge in [0.1, 0.15) is 0 Å². The summed E-state index contributed by atoms with van der Waals surface area (Å²) in [5, 5.41) is 0. The number of hydrogen-bond acceptors (Lipinski definition) is 3. The smallest absolute Gasteiger partial charge is 0.0875 e. The SMILES string of the molecule is COC1(C(N)C2CCC(C)CC2)CCOCC1. The van der Waals surface area contributed by atoms with E-state index in [1.165, 1.54) is 25.7 Å². The molecule has 2 aliphatic rings. The molecule has 1 unspecified atom stereocenters. The molecule has 3 heteroatoms. The van der Waals surface area contributed by atoms with Gasteiger partial charge in [0.2, 0.25) is 0 Å². The first-order valence-corrected chi connectivity index (χ1v) is 7.06. The largest absolute Gasteiger partial charge is 0.381 e. The molecule has 0 amide bonds. The third kappa shape index (κ3) is 2.83. The van der Waals surface area contributed by atoms with E-state index in [1.807, 2.05) is 7.11 Å². The van der Waals surface area contributed by atoms with E-state index in [0.717, 1.165) is 32.0 Å². The maximum Gasteiger partial charge on any atom is 0.0875 e. The molecule has 2 fully saturated rings. The average molecular weight is 241 g/mol. The third-order valence-electron chi connectivity index (χ3n) is 4.92. The first kappa shape index (κ1) is 13.3. The highest BCUT2D eigenvalue weighted by Gasteiger charge is 2.42. The van der Waals surface area contributed by atoms with Crippen molar-refractivity contribution < 1.29 is 9.47 Å². The molecule has 17 heavy (non-hydrogen) atoms. The summed E-state index contributed by atoms with van der Waals surface area (Å²) in [5.41, 5.74) is 6.41. The molecule has 1 atom stereocenters. The van der Waals surface area contributed by atoms with Crippen molar-refractivity contribution in [3.05, 3.63) is 0 Å². The van der Waals surface area contributed by atoms with Crippen molar-refractivity contribution >= 4 is 0 Å². The zero-order valence-corrected chi connectivity index (χ0v) is 11.3. The standard InChI is InChI=1S/C14H27NO2/c1-11-3-5-12(6-4-11)13(15)14(16-2)7-9-17-10-8-14/h11-13H,3-10,15H2,1-2H3. The highest BCUT2D eigenvalue weighted by molar-refractivity contribution is 4.97. The fourth-order valence-corrected chi connectivity index (χ4v) is 3.47. The molecule has 100 valence electrons. The fraction of sp³-hybridized carbons (Fsp3) is 1.00. The average Bonchev–Trinajstić information content (AvgIpc) is 2.39. The van der Waals surface area contributed by atoms with Gasteiger partial charge in [0.15, 0.2) is 0 Å². The lowest BCUT2D eigenvalue weighted by Gasteiger charge is -2.45. The Hall–Kier alpha value is -0.120. The van der Waals surface area contributed by atoms with E-state index >= 15 is 0 Å². The molecule has 0 spiro atoms. The van der Waals surface area contributed by atoms with Gasteiger partial charge < -0.3 is 15.2 Å². The van der Waals surface area contributed by atoms with Crippen LogP contribution in [0.3, 0.4) is 0 Å². The van der Waals surface area contributed by atoms with Crippen LogP contribution in [0.5, 0.6) is 0 Å². The molecule has 2 rings (SSSR count). The second-order valence-corrected chi connectivity index (χ2v) is 5.93. The maximum atomic E-state index is 6.53. The summed E-state index contributed by atoms with van der Waals surface area (Å²) in [7, 11) is 1.82. The first-order chi connectivity index (χ1) is 8.18. The Morgan fingerprint density at radius 3 is 2.29 bits per heavy atom. The molecular formula is C14H27NO2. The molecule has 2 N–H and O–H groups in total. The van der Waals surface area contributed by atoms with Gasteiger partial charge in [-0.25, -0.2) is 0 Å². The van der Waals surface area contributed by atoms with Gasteiger partial charge in [0.05, 0.1) is 5.60 Å². The molecule has 1 aliphatic carbocycles. The molecular weight excluding hydrogens is 214 g/mol. The van der Waals surface area contributed by atoms with Crippen molar-refractivity contribution in [1.29, 1.82) is 0 Å². The highest BCUT2D eigenvalue weighted by Crippen LogP contribution is 2.37. The van der Waals surface area contributed by atoms with E-state index in [4.69, 9.17) is 15.2 Å². The van der Waals surface area contributed by atoms with E-state index in [0.29, 0.717) is 5.92 Å². The van der Waals surface area contributed by atoms with Crippen LogP contribution >= 0.6 is 0 Å². The lowest BCUT2D eigenvalue weighted by molar-refractivity contribution is -0.116. The molecule has 1 heterocycles. The van der Waals surface area contributed by atoms with Crippen LogP contribution in [-0.2, 0) is 9.47 Å². The Balaban J connectivity index is 1.98. The highest BCUT2D eigenvalue weighted by atomic mass is 16.5. The van der Waals surface area contributed by atoms with Crippen LogP contribution in [0.1, 0.15) is 45.4 Å². The first-order valence-electron chi connectivity index (χ1n) is 7.06. The van der Waals surface area contributed by atoms with E-state index in [1.54, 1.807) is 0 Å². The summed E-state index contributed by atoms with van der Waals surface area (Å²) in [6.07, 6.45) is 7.11. The van der Waals surface area contributed by atoms with Crippen LogP contribution in [0.2, 0.25) is 0 Å². The van der Waals surface area contributed by atoms with Crippen LogP contribution in [-0.4, -0.2) is 32.0 Å². The second-order valence-electron chi connectivity index (χ2n) is 5.93. The minimum absolute atomic E-state index is 0.122. The van der Waals surface area contributed by atoms with Crippen LogP contribution < -0.4 is 5.73 Å². The van der Waals surface area contributed by atoms with Gasteiger partial charge in [0.25, 0.3) is 0 Å². The van der Waals surface area contributed by atoms with Crippen LogP contribution in [0.4, 0.5) is 0 Å². The summed E-state index contributed by atoms with van der Waals surface area (Å²) in [6, 6.07) is 0.184. The minimum atomic E-state index is -0.122. The monoisotopic (exact) mass is 241 g/mol. The predicted octanol–water partition coefficient (Wildman–Crippen LogP) is 2.34. The van der Waals surface area contributed by atoms with Crippen LogP contribution in [0.15, 0.2) is 0 Å². The lowest BCUT2D eigenvalue weighted by atomic mass is 9.72. The van der Waals surface area contributed by atoms with Gasteiger partial charge in [-0.2, -0.15) is 0 Å². The Morgan fingerprint density at radius 1 is 1.18 bits per heavy atom. The van der Waals surface area contributed by atoms with E-state index in [9.17, 15) is 0 Å². The van der Waals surface area contributed by atoms with Crippen LogP contribution in [0, 0.1) is 11.8 Å². The summed E-state index contributed by atoms with van der Waals surface area (Å²) < 4.78 is 11.3. The molecule has 0 aromatic carbocycles. The van der Waals surface area contributed by atoms with Gasteiger partial charge in [-0.3, -0.25) is 0 Å². The van der Waals surface area contributed by atoms with Gasteiger partial charge >= 0.3 is 0 Å². The van der Waals surface area contributed by atoms with Crippen molar-refractivity contribution in [2.45, 2.75) is 57.1 Å². The van der Waals surface area contributed by atoms with Crippen molar-refractivity contribution in [2.24, 2.45) is 17.6 Å². The Morgan fingerprint density at radius 2 is 1.76 bits per heavy atom. The Kier molecular flexibility index (Phi) is 4.45. The van der Waals surface area contributed by atoms with E-state index in [2.05, 4.69) is 6.92 Å². The fourth-order valence-electron chi connectivity index (χ4n) is 3.47. The number of rotatable bonds is 3. The number of methoxy groups -OCH3 is 1. The quantitative estimate of drug-likeness (QED) is 0.825. The van der Waals surface area contributed by atoms with Gasteiger partial charge in [0, 0.05) is 39.2 Å². The zero-order valence-electron chi connectivity index (χ0n) is 11.3. The van der Waals surface area contributed by atoms with Crippen molar-refractivity contribution in [3.63, 3.8) is 0 Å². The molecule has 1 saturated heterocycles. The van der Waals surface area contributed by atoms with Gasteiger partial charge in [-0.1, -0.05) is 19.8 Å². The predicted molar refractivity (Wildman–Crippen MR) is 68.9 cm³/mol. The summed E-state index contributed by atoms with van der Waals surface area (Å²) in [4.78, 5) is 0. The molecule has 0 radical (unpaired) electrons. The maximum absolute atomic E-state index is 6.53. The van der Waals surface area contributed by atoms with Crippen molar-refractivity contribution in [1.82, 2.24) is 0 Å². The molecule has 0 bridgehead atoms. The van der Waals surface area contributed by atoms with Gasteiger partial charge in [-0.05, 0) is 24.7 Å². The van der Waals surface area contributed by atoms with Crippen molar-refractivity contribution in [2.75, 3.05) is 20.3 Å². The molecule has 0 aromatic rings. The minimum Gasteiger partial charge on any atom is -0.381 e. The number of hydrogen-bond donors (Lipinski definition) is 1.